The molecule has 0 aromatic carbocycles. The Morgan fingerprint density at radius 2 is 2.46 bits per heavy atom. The third-order valence-corrected chi connectivity index (χ3v) is 2.18. The van der Waals surface area contributed by atoms with Gasteiger partial charge >= 0.3 is 5.97 Å². The first-order valence-corrected chi connectivity index (χ1v) is 4.23. The Morgan fingerprint density at radius 3 is 3.00 bits per heavy atom. The Morgan fingerprint density at radius 1 is 1.77 bits per heavy atom. The van der Waals surface area contributed by atoms with E-state index in [2.05, 4.69) is 4.98 Å². The number of carbonyl (C=O) groups is 1. The number of anilines is 1. The lowest BCUT2D eigenvalue weighted by atomic mass is 10.4. The zero-order chi connectivity index (χ0) is 9.84. The summed E-state index contributed by atoms with van der Waals surface area (Å²) in [6, 6.07) is 3.12. The van der Waals surface area contributed by atoms with Gasteiger partial charge in [-0.1, -0.05) is 11.8 Å². The first-order chi connectivity index (χ1) is 6.11. The Labute approximate surface area is 78.0 Å². The molecule has 0 amide bonds. The number of carboxylic acids is 1. The summed E-state index contributed by atoms with van der Waals surface area (Å²) in [5.41, 5.74) is 3.67. The SMILES string of the molecule is Nc1cccnc1SC(F)C(=O)O. The van der Waals surface area contributed by atoms with Crippen molar-refractivity contribution in [3.05, 3.63) is 18.3 Å². The van der Waals surface area contributed by atoms with Crippen LogP contribution in [0.25, 0.3) is 0 Å². The summed E-state index contributed by atoms with van der Waals surface area (Å²) >= 11 is 0.476. The van der Waals surface area contributed by atoms with Gasteiger partial charge in [-0.2, -0.15) is 0 Å². The summed E-state index contributed by atoms with van der Waals surface area (Å²) in [6.45, 7) is 0. The van der Waals surface area contributed by atoms with Crippen LogP contribution in [0.1, 0.15) is 0 Å². The van der Waals surface area contributed by atoms with Crippen molar-refractivity contribution in [3.63, 3.8) is 0 Å². The molecule has 0 saturated heterocycles. The van der Waals surface area contributed by atoms with Crippen LogP contribution < -0.4 is 5.73 Å². The highest BCUT2D eigenvalue weighted by atomic mass is 32.2. The minimum absolute atomic E-state index is 0.192. The number of nitrogens with zero attached hydrogens (tertiary/aromatic N) is 1. The van der Waals surface area contributed by atoms with Gasteiger partial charge in [-0.05, 0) is 12.1 Å². The van der Waals surface area contributed by atoms with Gasteiger partial charge in [0.15, 0.2) is 0 Å². The van der Waals surface area contributed by atoms with Crippen molar-refractivity contribution in [1.82, 2.24) is 4.98 Å². The number of halogens is 1. The lowest BCUT2D eigenvalue weighted by Crippen LogP contribution is -2.10. The average molecular weight is 202 g/mol. The molecule has 0 fully saturated rings. The molecular formula is C7H7FN2O2S. The fourth-order valence-electron chi connectivity index (χ4n) is 0.650. The number of pyridine rings is 1. The van der Waals surface area contributed by atoms with Gasteiger partial charge in [-0.25, -0.2) is 14.2 Å². The van der Waals surface area contributed by atoms with Gasteiger partial charge in [-0.15, -0.1) is 0 Å². The number of hydrogen-bond acceptors (Lipinski definition) is 4. The minimum atomic E-state index is -2.03. The number of nitrogen functional groups attached to an aromatic ring is 1. The van der Waals surface area contributed by atoms with Gasteiger partial charge < -0.3 is 10.8 Å². The molecule has 0 bridgehead atoms. The molecule has 13 heavy (non-hydrogen) atoms. The fourth-order valence-corrected chi connectivity index (χ4v) is 1.27. The van der Waals surface area contributed by atoms with Crippen LogP contribution in [0, 0.1) is 0 Å². The van der Waals surface area contributed by atoms with Gasteiger partial charge in [0.1, 0.15) is 5.03 Å². The first-order valence-electron chi connectivity index (χ1n) is 3.35. The van der Waals surface area contributed by atoms with Gasteiger partial charge in [-0.3, -0.25) is 0 Å². The Bertz CT molecular complexity index is 321. The summed E-state index contributed by atoms with van der Waals surface area (Å²) in [7, 11) is 0. The second-order valence-electron chi connectivity index (χ2n) is 2.17. The van der Waals surface area contributed by atoms with Crippen LogP contribution in [-0.4, -0.2) is 21.6 Å². The van der Waals surface area contributed by atoms with E-state index in [1.807, 2.05) is 0 Å². The number of hydrogen-bond donors (Lipinski definition) is 2. The molecule has 0 spiro atoms. The molecular weight excluding hydrogens is 195 g/mol. The second kappa shape index (κ2) is 4.08. The number of thioether (sulfide) groups is 1. The van der Waals surface area contributed by atoms with Crippen molar-refractivity contribution >= 4 is 23.4 Å². The van der Waals surface area contributed by atoms with Crippen molar-refractivity contribution in [3.8, 4) is 0 Å². The summed E-state index contributed by atoms with van der Waals surface area (Å²) in [5, 5.41) is 8.46. The van der Waals surface area contributed by atoms with Crippen LogP contribution in [-0.2, 0) is 4.79 Å². The molecule has 6 heteroatoms. The molecule has 0 aliphatic rings. The quantitative estimate of drug-likeness (QED) is 0.718. The molecule has 3 N–H and O–H groups in total. The molecule has 1 aromatic rings. The van der Waals surface area contributed by atoms with E-state index in [1.165, 1.54) is 12.3 Å². The molecule has 70 valence electrons. The van der Waals surface area contributed by atoms with E-state index in [0.717, 1.165) is 0 Å². The number of alkyl halides is 1. The molecule has 1 atom stereocenters. The van der Waals surface area contributed by atoms with Gasteiger partial charge in [0.2, 0.25) is 5.50 Å². The standard InChI is InChI=1S/C7H7FN2O2S/c8-5(7(11)12)13-6-4(9)2-1-3-10-6/h1-3,5H,9H2,(H,11,12). The van der Waals surface area contributed by atoms with E-state index in [0.29, 0.717) is 11.8 Å². The van der Waals surface area contributed by atoms with E-state index < -0.39 is 11.5 Å². The predicted octanol–water partition coefficient (Wildman–Crippen LogP) is 1.14. The largest absolute Gasteiger partial charge is 0.478 e. The van der Waals surface area contributed by atoms with E-state index >= 15 is 0 Å². The molecule has 1 aromatic heterocycles. The van der Waals surface area contributed by atoms with Crippen LogP contribution in [0.15, 0.2) is 23.4 Å². The monoisotopic (exact) mass is 202 g/mol. The lowest BCUT2D eigenvalue weighted by Gasteiger charge is -2.03. The van der Waals surface area contributed by atoms with Gasteiger partial charge in [0.25, 0.3) is 0 Å². The molecule has 0 radical (unpaired) electrons. The lowest BCUT2D eigenvalue weighted by molar-refractivity contribution is -0.139. The van der Waals surface area contributed by atoms with Crippen molar-refractivity contribution < 1.29 is 14.3 Å². The molecule has 1 rings (SSSR count). The van der Waals surface area contributed by atoms with E-state index in [-0.39, 0.29) is 10.7 Å². The Balaban J connectivity index is 2.74. The Hall–Kier alpha value is -1.30. The van der Waals surface area contributed by atoms with E-state index in [9.17, 15) is 9.18 Å². The highest BCUT2D eigenvalue weighted by molar-refractivity contribution is 8.00. The minimum Gasteiger partial charge on any atom is -0.478 e. The molecule has 0 aliphatic carbocycles. The van der Waals surface area contributed by atoms with Crippen molar-refractivity contribution in [1.29, 1.82) is 0 Å². The highest BCUT2D eigenvalue weighted by Crippen LogP contribution is 2.26. The number of aliphatic carboxylic acids is 1. The normalized spacial score (nSPS) is 12.4. The molecule has 1 heterocycles. The topological polar surface area (TPSA) is 76.2 Å². The predicted molar refractivity (Wildman–Crippen MR) is 47.0 cm³/mol. The fraction of sp³-hybridized carbons (Fsp3) is 0.143. The molecule has 0 saturated carbocycles. The van der Waals surface area contributed by atoms with Gasteiger partial charge in [0.05, 0.1) is 5.69 Å². The molecule has 0 aliphatic heterocycles. The maximum Gasteiger partial charge on any atom is 0.349 e. The third-order valence-electron chi connectivity index (χ3n) is 1.21. The molecule has 1 unspecified atom stereocenters. The van der Waals surface area contributed by atoms with Crippen molar-refractivity contribution in [2.45, 2.75) is 10.5 Å². The number of carboxylic acid groups (broad SMARTS) is 1. The van der Waals surface area contributed by atoms with Crippen molar-refractivity contribution in [2.75, 3.05) is 5.73 Å². The zero-order valence-corrected chi connectivity index (χ0v) is 7.29. The van der Waals surface area contributed by atoms with E-state index in [4.69, 9.17) is 10.8 Å². The summed E-state index contributed by atoms with van der Waals surface area (Å²) in [6.07, 6.45) is 1.42. The maximum absolute atomic E-state index is 12.7. The first kappa shape index (κ1) is 9.79. The summed E-state index contributed by atoms with van der Waals surface area (Å²) < 4.78 is 12.7. The summed E-state index contributed by atoms with van der Waals surface area (Å²) in [5.74, 6) is -1.53. The van der Waals surface area contributed by atoms with Crippen LogP contribution in [0.3, 0.4) is 0 Å². The average Bonchev–Trinajstić information content (AvgIpc) is 2.08. The number of rotatable bonds is 3. The third kappa shape index (κ3) is 2.59. The van der Waals surface area contributed by atoms with E-state index in [1.54, 1.807) is 6.07 Å². The van der Waals surface area contributed by atoms with Gasteiger partial charge in [0, 0.05) is 6.20 Å². The molecule has 4 nitrogen and oxygen atoms in total. The smallest absolute Gasteiger partial charge is 0.349 e. The number of aromatic nitrogens is 1. The maximum atomic E-state index is 12.7. The van der Waals surface area contributed by atoms with Crippen LogP contribution in [0.5, 0.6) is 0 Å². The zero-order valence-electron chi connectivity index (χ0n) is 6.48. The van der Waals surface area contributed by atoms with Crippen LogP contribution in [0.4, 0.5) is 10.1 Å². The highest BCUT2D eigenvalue weighted by Gasteiger charge is 2.18. The van der Waals surface area contributed by atoms with Crippen LogP contribution >= 0.6 is 11.8 Å². The Kier molecular flexibility index (Phi) is 3.07. The second-order valence-corrected chi connectivity index (χ2v) is 3.21. The van der Waals surface area contributed by atoms with Crippen molar-refractivity contribution in [2.24, 2.45) is 0 Å². The summed E-state index contributed by atoms with van der Waals surface area (Å²) in [4.78, 5) is 13.9. The number of nitrogens with two attached hydrogens (primary N) is 1. The van der Waals surface area contributed by atoms with Crippen LogP contribution in [0.2, 0.25) is 0 Å².